The molecule has 0 saturated heterocycles. The van der Waals surface area contributed by atoms with E-state index in [1.54, 1.807) is 80.8 Å². The lowest BCUT2D eigenvalue weighted by molar-refractivity contribution is -0.142. The predicted molar refractivity (Wildman–Crippen MR) is 400 cm³/mol. The highest BCUT2D eigenvalue weighted by Gasteiger charge is 2.42. The Hall–Kier alpha value is -11.9. The zero-order chi connectivity index (χ0) is 80.1. The largest absolute Gasteiger partial charge is 0.497 e. The van der Waals surface area contributed by atoms with Gasteiger partial charge in [0, 0.05) is 44.0 Å². The molecule has 0 spiro atoms. The number of rotatable bonds is 43. The number of aromatic nitrogens is 2. The molecule has 584 valence electrons. The van der Waals surface area contributed by atoms with Crippen molar-refractivity contribution >= 4 is 76.9 Å². The molecule has 6 rings (SSSR count). The van der Waals surface area contributed by atoms with Crippen molar-refractivity contribution in [2.24, 2.45) is 11.5 Å². The third-order valence-corrected chi connectivity index (χ3v) is 18.0. The number of carboxylic acid groups (broad SMARTS) is 2. The summed E-state index contributed by atoms with van der Waals surface area (Å²) >= 11 is 0. The van der Waals surface area contributed by atoms with Crippen LogP contribution in [-0.2, 0) is 94.4 Å². The number of nitrogens with zero attached hydrogens (tertiary/aromatic N) is 1. The molecule has 11 amide bonds. The maximum atomic E-state index is 14.8. The van der Waals surface area contributed by atoms with E-state index in [9.17, 15) is 82.8 Å². The van der Waals surface area contributed by atoms with E-state index in [0.29, 0.717) is 47.4 Å². The molecule has 5 aromatic carbocycles. The number of H-pyrrole nitrogens is 1. The molecule has 32 heteroatoms. The first-order valence-corrected chi connectivity index (χ1v) is 35.6. The van der Waals surface area contributed by atoms with Crippen LogP contribution in [0.2, 0.25) is 0 Å². The molecule has 0 aliphatic rings. The zero-order valence-electron chi connectivity index (χ0n) is 61.8. The number of carbonyl (C=O) groups excluding carboxylic acids is 11. The number of carbonyl (C=O) groups is 13. The number of amides is 11. The van der Waals surface area contributed by atoms with Crippen LogP contribution in [0.3, 0.4) is 0 Å². The van der Waals surface area contributed by atoms with Crippen molar-refractivity contribution in [1.82, 2.24) is 63.1 Å². The fourth-order valence-electron chi connectivity index (χ4n) is 11.8. The number of aliphatic hydroxyl groups excluding tert-OH is 2. The zero-order valence-corrected chi connectivity index (χ0v) is 61.8. The van der Waals surface area contributed by atoms with Crippen LogP contribution < -0.4 is 69.4 Å². The molecule has 1 heterocycles. The SMILES string of the molecule is CCCC[C@H](NC(=O)CNC(=O)[C@H](CCC(=O)O)NC(=O)[C@H](C)NC(=O)[C@@H](N)Cc1cnc[nH]1)C(=O)N[C@@](C)(Cc1ccccc1)C(=O)N[C@H](C(=O)N[C@@H](CO)C(=O)N[C@@H](CC(=O)O)C(=O)N[C@@H](Cc1ccc(-c2ccc(OC)cc2CC)cc1)C(=O)N[C@@H](Cc1ccc(-c2ccccc2C)cc1)C(N)=O)[C@@H](C)O. The topological polar surface area (TPSA) is 513 Å². The van der Waals surface area contributed by atoms with Gasteiger partial charge in [-0.15, -0.1) is 0 Å². The van der Waals surface area contributed by atoms with Gasteiger partial charge >= 0.3 is 11.9 Å². The van der Waals surface area contributed by atoms with Crippen molar-refractivity contribution in [3.8, 4) is 28.0 Å². The van der Waals surface area contributed by atoms with E-state index in [-0.39, 0.29) is 32.1 Å². The lowest BCUT2D eigenvalue weighted by Crippen LogP contribution is -2.66. The summed E-state index contributed by atoms with van der Waals surface area (Å²) < 4.78 is 5.42. The van der Waals surface area contributed by atoms with Gasteiger partial charge in [-0.3, -0.25) is 62.3 Å². The molecule has 0 saturated carbocycles. The van der Waals surface area contributed by atoms with E-state index >= 15 is 0 Å². The molecule has 0 aliphatic carbocycles. The lowest BCUT2D eigenvalue weighted by Gasteiger charge is -2.34. The number of hydrogen-bond donors (Lipinski definition) is 17. The molecule has 0 aliphatic heterocycles. The second kappa shape index (κ2) is 41.9. The number of hydrogen-bond acceptors (Lipinski definition) is 18. The summed E-state index contributed by atoms with van der Waals surface area (Å²) in [6.07, 6.45) is -0.245. The normalized spacial score (nSPS) is 14.4. The Kier molecular flexibility index (Phi) is 33.0. The average Bonchev–Trinajstić information content (AvgIpc) is 1.09. The van der Waals surface area contributed by atoms with Gasteiger partial charge < -0.3 is 94.8 Å². The van der Waals surface area contributed by atoms with Crippen molar-refractivity contribution in [3.05, 3.63) is 167 Å². The van der Waals surface area contributed by atoms with Crippen molar-refractivity contribution in [3.63, 3.8) is 0 Å². The van der Waals surface area contributed by atoms with E-state index in [0.717, 1.165) is 40.3 Å². The molecule has 109 heavy (non-hydrogen) atoms. The minimum absolute atomic E-state index is 0.0317. The highest BCUT2D eigenvalue weighted by atomic mass is 16.5. The van der Waals surface area contributed by atoms with Gasteiger partial charge in [0.2, 0.25) is 65.0 Å². The number of primary amides is 1. The number of ether oxygens (including phenoxy) is 1. The molecule has 11 atom stereocenters. The van der Waals surface area contributed by atoms with E-state index in [4.69, 9.17) is 16.2 Å². The van der Waals surface area contributed by atoms with Gasteiger partial charge in [-0.25, -0.2) is 4.98 Å². The number of aliphatic carboxylic acids is 2. The Labute approximate surface area is 630 Å². The molecule has 0 fully saturated rings. The Bertz CT molecular complexity index is 4140. The van der Waals surface area contributed by atoms with Gasteiger partial charge in [-0.1, -0.05) is 136 Å². The van der Waals surface area contributed by atoms with Crippen molar-refractivity contribution in [2.75, 3.05) is 20.3 Å². The Morgan fingerprint density at radius 1 is 0.587 bits per heavy atom. The summed E-state index contributed by atoms with van der Waals surface area (Å²) in [6, 6.07) is 21.5. The minimum Gasteiger partial charge on any atom is -0.497 e. The molecular weight excluding hydrogens is 1410 g/mol. The van der Waals surface area contributed by atoms with Crippen LogP contribution in [0, 0.1) is 6.92 Å². The fourth-order valence-corrected chi connectivity index (χ4v) is 11.8. The Morgan fingerprint density at radius 3 is 1.74 bits per heavy atom. The van der Waals surface area contributed by atoms with Gasteiger partial charge in [0.25, 0.3) is 0 Å². The Morgan fingerprint density at radius 2 is 1.17 bits per heavy atom. The quantitative estimate of drug-likeness (QED) is 0.0248. The summed E-state index contributed by atoms with van der Waals surface area (Å²) in [5.74, 6) is -13.6. The lowest BCUT2D eigenvalue weighted by atomic mass is 9.90. The molecule has 1 aromatic heterocycles. The number of benzene rings is 5. The van der Waals surface area contributed by atoms with Crippen LogP contribution >= 0.6 is 0 Å². The summed E-state index contributed by atoms with van der Waals surface area (Å²) in [5, 5.41) is 65.7. The first kappa shape index (κ1) is 86.0. The molecule has 0 radical (unpaired) electrons. The van der Waals surface area contributed by atoms with Crippen molar-refractivity contribution in [1.29, 1.82) is 0 Å². The second-order valence-corrected chi connectivity index (χ2v) is 26.7. The second-order valence-electron chi connectivity index (χ2n) is 26.7. The van der Waals surface area contributed by atoms with Gasteiger partial charge in [0.1, 0.15) is 59.6 Å². The highest BCUT2D eigenvalue weighted by Crippen LogP contribution is 2.29. The third-order valence-electron chi connectivity index (χ3n) is 18.0. The molecule has 32 nitrogen and oxygen atoms in total. The number of unbranched alkanes of at least 4 members (excludes halogenated alkanes) is 1. The van der Waals surface area contributed by atoms with Crippen LogP contribution in [0.25, 0.3) is 22.3 Å². The molecule has 6 aromatic rings. The van der Waals surface area contributed by atoms with Crippen LogP contribution in [0.4, 0.5) is 0 Å². The van der Waals surface area contributed by atoms with Crippen LogP contribution in [0.5, 0.6) is 5.75 Å². The number of aryl methyl sites for hydroxylation is 2. The van der Waals surface area contributed by atoms with Crippen molar-refractivity contribution in [2.45, 2.75) is 178 Å². The average molecular weight is 1510 g/mol. The summed E-state index contributed by atoms with van der Waals surface area (Å²) in [5.41, 5.74) is 17.5. The van der Waals surface area contributed by atoms with Crippen LogP contribution in [0.15, 0.2) is 134 Å². The number of carboxylic acids is 2. The maximum Gasteiger partial charge on any atom is 0.305 e. The van der Waals surface area contributed by atoms with Gasteiger partial charge in [0.05, 0.1) is 45.2 Å². The monoisotopic (exact) mass is 1510 g/mol. The molecule has 19 N–H and O–H groups in total. The number of nitrogens with one attached hydrogen (secondary N) is 11. The van der Waals surface area contributed by atoms with E-state index in [1.165, 1.54) is 26.4 Å². The van der Waals surface area contributed by atoms with Gasteiger partial charge in [-0.05, 0) is 109 Å². The summed E-state index contributed by atoms with van der Waals surface area (Å²) in [4.78, 5) is 184. The van der Waals surface area contributed by atoms with Crippen LogP contribution in [-0.4, -0.2) is 194 Å². The number of imidazole rings is 1. The predicted octanol–water partition coefficient (Wildman–Crippen LogP) is 0.499. The number of methoxy groups -OCH3 is 1. The van der Waals surface area contributed by atoms with Crippen molar-refractivity contribution < 1.29 is 87.5 Å². The van der Waals surface area contributed by atoms with E-state index in [1.807, 2.05) is 68.4 Å². The van der Waals surface area contributed by atoms with E-state index < -0.39 is 175 Å². The molecular formula is C77H98N14O18. The number of nitrogens with two attached hydrogens (primary N) is 2. The molecule has 0 unspecified atom stereocenters. The van der Waals surface area contributed by atoms with E-state index in [2.05, 4.69) is 63.1 Å². The first-order valence-electron chi connectivity index (χ1n) is 35.6. The smallest absolute Gasteiger partial charge is 0.305 e. The first-order chi connectivity index (χ1) is 51.8. The highest BCUT2D eigenvalue weighted by molar-refractivity contribution is 6.00. The van der Waals surface area contributed by atoms with Gasteiger partial charge in [-0.2, -0.15) is 0 Å². The number of aromatic amines is 1. The summed E-state index contributed by atoms with van der Waals surface area (Å²) in [7, 11) is 1.56. The minimum atomic E-state index is -2.05. The fraction of sp³-hybridized carbons (Fsp3) is 0.403. The third kappa shape index (κ3) is 26.5. The number of aliphatic hydroxyl groups is 2. The Balaban J connectivity index is 1.17. The molecule has 0 bridgehead atoms. The maximum absolute atomic E-state index is 14.8. The summed E-state index contributed by atoms with van der Waals surface area (Å²) in [6.45, 7) is 7.39. The van der Waals surface area contributed by atoms with Gasteiger partial charge in [0.15, 0.2) is 0 Å². The standard InChI is InChI=1S/C77H98N14O18/c1-8-10-20-57(84-63(94)40-81-70(102)58(31-32-64(95)96)85-68(100)44(4)83-69(101)56(78)36-52-39-80-42-82-52)74(106)91-77(6,38-48-17-12-11-13-18-48)76(108)90-66(45(5)93)75(107)89-62(41-92)73(105)88-61(37-65(97)98)72(104)87-60(34-47-23-27-51(28-24-47)55-30-29-53(109-7)35-49(55)9-2)71(103)86-59(67(79)99)33-46-21-25-50(26-22-46)54-19-15-14-16-43(54)3/h11-19,21-30,35,39,42,44-45,56-62,66,92-93H,8-10,20,31-34,36-38,40-41,78H2,1-7H3,(H2,79,99)(H,80,82)(H,81,102)(H,83,101)(H,84,94)(H,85,100)(H,86,103)(H,87,104)(H,88,105)(H,89,107)(H,90,108)(H,91,106)(H,95,96)(H,97,98)/t44-,45+,56-,57-,58-,59-,60-,61-,62-,66-,77-/m0/s1. The van der Waals surface area contributed by atoms with Crippen LogP contribution in [0.1, 0.15) is 107 Å².